The first-order valence-corrected chi connectivity index (χ1v) is 8.02. The zero-order valence-electron chi connectivity index (χ0n) is 13.7. The average Bonchev–Trinajstić information content (AvgIpc) is 2.42. The van der Waals surface area contributed by atoms with E-state index in [1.807, 2.05) is 45.0 Å². The molecule has 0 radical (unpaired) electrons. The van der Waals surface area contributed by atoms with Gasteiger partial charge in [-0.15, -0.1) is 0 Å². The second-order valence-corrected chi connectivity index (χ2v) is 6.63. The predicted molar refractivity (Wildman–Crippen MR) is 88.0 cm³/mol. The van der Waals surface area contributed by atoms with Crippen LogP contribution in [0.4, 0.5) is 4.79 Å². The van der Waals surface area contributed by atoms with Crippen LogP contribution in [0.15, 0.2) is 29.2 Å². The molecular formula is C16H25NO4S. The van der Waals surface area contributed by atoms with E-state index in [0.717, 1.165) is 4.90 Å². The minimum absolute atomic E-state index is 0.417. The summed E-state index contributed by atoms with van der Waals surface area (Å²) in [5.41, 5.74) is 0.747. The molecule has 0 spiro atoms. The lowest BCUT2D eigenvalue weighted by Gasteiger charge is -2.19. The molecule has 0 saturated heterocycles. The molecule has 0 atom stereocenters. The van der Waals surface area contributed by atoms with Crippen molar-refractivity contribution < 1.29 is 18.5 Å². The highest BCUT2D eigenvalue weighted by molar-refractivity contribution is 7.94. The number of aryl methyl sites for hydroxylation is 1. The van der Waals surface area contributed by atoms with Gasteiger partial charge in [-0.1, -0.05) is 17.7 Å². The Morgan fingerprint density at radius 1 is 1.14 bits per heavy atom. The maximum Gasteiger partial charge on any atom is 0.407 e. The lowest BCUT2D eigenvalue weighted by molar-refractivity contribution is 0.0491. The van der Waals surface area contributed by atoms with Gasteiger partial charge >= 0.3 is 6.09 Å². The van der Waals surface area contributed by atoms with Crippen molar-refractivity contribution in [2.75, 3.05) is 26.4 Å². The normalized spacial score (nSPS) is 11.3. The van der Waals surface area contributed by atoms with Crippen molar-refractivity contribution in [3.8, 4) is 0 Å². The van der Waals surface area contributed by atoms with Crippen molar-refractivity contribution in [1.29, 1.82) is 0 Å². The van der Waals surface area contributed by atoms with Gasteiger partial charge in [-0.2, -0.15) is 0 Å². The van der Waals surface area contributed by atoms with E-state index in [9.17, 15) is 4.79 Å². The van der Waals surface area contributed by atoms with E-state index in [2.05, 4.69) is 12.2 Å². The number of amides is 1. The molecule has 0 aliphatic carbocycles. The first-order valence-electron chi connectivity index (χ1n) is 7.27. The van der Waals surface area contributed by atoms with Crippen LogP contribution in [0.1, 0.15) is 26.3 Å². The lowest BCUT2D eigenvalue weighted by Crippen LogP contribution is -2.34. The van der Waals surface area contributed by atoms with Crippen LogP contribution in [-0.2, 0) is 13.7 Å². The Bertz CT molecular complexity index is 442. The minimum atomic E-state index is -0.480. The van der Waals surface area contributed by atoms with E-state index in [4.69, 9.17) is 13.7 Å². The first kappa shape index (κ1) is 18.8. The summed E-state index contributed by atoms with van der Waals surface area (Å²) < 4.78 is 15.9. The fourth-order valence-electron chi connectivity index (χ4n) is 1.44. The van der Waals surface area contributed by atoms with Crippen LogP contribution < -0.4 is 5.32 Å². The first-order chi connectivity index (χ1) is 10.4. The molecule has 22 heavy (non-hydrogen) atoms. The van der Waals surface area contributed by atoms with E-state index < -0.39 is 11.7 Å². The molecule has 0 unspecified atom stereocenters. The molecule has 0 fully saturated rings. The monoisotopic (exact) mass is 327 g/mol. The Hall–Kier alpha value is -1.24. The van der Waals surface area contributed by atoms with Crippen molar-refractivity contribution >= 4 is 18.1 Å². The van der Waals surface area contributed by atoms with Crippen LogP contribution in [0.25, 0.3) is 0 Å². The molecule has 5 nitrogen and oxygen atoms in total. The van der Waals surface area contributed by atoms with Crippen molar-refractivity contribution in [3.63, 3.8) is 0 Å². The van der Waals surface area contributed by atoms with Gasteiger partial charge in [0.05, 0.1) is 19.8 Å². The van der Waals surface area contributed by atoms with Crippen molar-refractivity contribution in [2.45, 2.75) is 38.2 Å². The van der Waals surface area contributed by atoms with E-state index in [1.54, 1.807) is 0 Å². The summed E-state index contributed by atoms with van der Waals surface area (Å²) in [6.45, 7) is 9.34. The second-order valence-electron chi connectivity index (χ2n) is 5.76. The van der Waals surface area contributed by atoms with Gasteiger partial charge in [0.25, 0.3) is 0 Å². The van der Waals surface area contributed by atoms with Gasteiger partial charge in [0.2, 0.25) is 0 Å². The van der Waals surface area contributed by atoms with Crippen LogP contribution in [0.3, 0.4) is 0 Å². The molecule has 0 aromatic heterocycles. The fraction of sp³-hybridized carbons (Fsp3) is 0.562. The van der Waals surface area contributed by atoms with Crippen molar-refractivity contribution in [2.24, 2.45) is 0 Å². The Morgan fingerprint density at radius 2 is 1.82 bits per heavy atom. The quantitative estimate of drug-likeness (QED) is 0.584. The fourth-order valence-corrected chi connectivity index (χ4v) is 1.97. The molecule has 124 valence electrons. The molecule has 1 N–H and O–H groups in total. The van der Waals surface area contributed by atoms with Gasteiger partial charge in [-0.05, 0) is 39.8 Å². The third-order valence-corrected chi connectivity index (χ3v) is 3.15. The van der Waals surface area contributed by atoms with Gasteiger partial charge in [-0.25, -0.2) is 4.79 Å². The Labute approximate surface area is 136 Å². The molecule has 0 aliphatic heterocycles. The summed E-state index contributed by atoms with van der Waals surface area (Å²) in [5.74, 6) is 0. The molecule has 0 aliphatic rings. The molecular weight excluding hydrogens is 302 g/mol. The lowest BCUT2D eigenvalue weighted by atomic mass is 10.2. The number of hydrogen-bond acceptors (Lipinski definition) is 5. The molecule has 0 saturated carbocycles. The molecule has 1 amide bonds. The van der Waals surface area contributed by atoms with Crippen molar-refractivity contribution in [3.05, 3.63) is 29.8 Å². The highest BCUT2D eigenvalue weighted by atomic mass is 32.2. The molecule has 1 aromatic carbocycles. The van der Waals surface area contributed by atoms with Crippen molar-refractivity contribution in [1.82, 2.24) is 5.32 Å². The summed E-state index contributed by atoms with van der Waals surface area (Å²) in [5, 5.41) is 2.63. The maximum absolute atomic E-state index is 11.4. The summed E-state index contributed by atoms with van der Waals surface area (Å²) in [6, 6.07) is 8.13. The van der Waals surface area contributed by atoms with Gasteiger partial charge < -0.3 is 19.0 Å². The van der Waals surface area contributed by atoms with E-state index in [1.165, 1.54) is 17.6 Å². The summed E-state index contributed by atoms with van der Waals surface area (Å²) >= 11 is 1.33. The average molecular weight is 327 g/mol. The Balaban J connectivity index is 1.95. The minimum Gasteiger partial charge on any atom is -0.444 e. The molecule has 6 heteroatoms. The maximum atomic E-state index is 11.4. The van der Waals surface area contributed by atoms with E-state index >= 15 is 0 Å². The number of rotatable bonds is 8. The Kier molecular flexibility index (Phi) is 8.30. The highest BCUT2D eigenvalue weighted by Gasteiger charge is 2.15. The number of alkyl carbamates (subject to hydrolysis) is 1. The number of benzene rings is 1. The number of nitrogens with one attached hydrogen (secondary N) is 1. The zero-order valence-corrected chi connectivity index (χ0v) is 14.5. The van der Waals surface area contributed by atoms with Crippen LogP contribution in [-0.4, -0.2) is 38.1 Å². The molecule has 1 rings (SSSR count). The largest absolute Gasteiger partial charge is 0.444 e. The van der Waals surface area contributed by atoms with Crippen LogP contribution in [0.2, 0.25) is 0 Å². The van der Waals surface area contributed by atoms with Gasteiger partial charge in [0.15, 0.2) is 0 Å². The highest BCUT2D eigenvalue weighted by Crippen LogP contribution is 2.18. The van der Waals surface area contributed by atoms with Crippen LogP contribution >= 0.6 is 12.0 Å². The van der Waals surface area contributed by atoms with Gasteiger partial charge in [0, 0.05) is 23.5 Å². The number of carbonyl (C=O) groups excluding carboxylic acids is 1. The third-order valence-electron chi connectivity index (χ3n) is 2.40. The van der Waals surface area contributed by atoms with Gasteiger partial charge in [0.1, 0.15) is 5.60 Å². The molecule has 0 heterocycles. The number of hydrogen-bond donors (Lipinski definition) is 1. The second kappa shape index (κ2) is 9.71. The summed E-state index contributed by atoms with van der Waals surface area (Å²) in [7, 11) is 0. The van der Waals surface area contributed by atoms with Gasteiger partial charge in [-0.3, -0.25) is 0 Å². The smallest absolute Gasteiger partial charge is 0.407 e. The SMILES string of the molecule is Cc1ccc(SOCCOCCNC(=O)OC(C)(C)C)cc1. The molecule has 1 aromatic rings. The Morgan fingerprint density at radius 3 is 2.45 bits per heavy atom. The summed E-state index contributed by atoms with van der Waals surface area (Å²) in [4.78, 5) is 12.4. The van der Waals surface area contributed by atoms with E-state index in [-0.39, 0.29) is 0 Å². The summed E-state index contributed by atoms with van der Waals surface area (Å²) in [6.07, 6.45) is -0.428. The topological polar surface area (TPSA) is 56.8 Å². The predicted octanol–water partition coefficient (Wildman–Crippen LogP) is 3.56. The number of carbonyl (C=O) groups is 1. The number of ether oxygens (including phenoxy) is 2. The van der Waals surface area contributed by atoms with Crippen LogP contribution in [0.5, 0.6) is 0 Å². The third kappa shape index (κ3) is 9.65. The van der Waals surface area contributed by atoms with Crippen LogP contribution in [0, 0.1) is 6.92 Å². The standard InChI is InChI=1S/C16H25NO4S/c1-13-5-7-14(8-6-13)22-20-12-11-19-10-9-17-15(18)21-16(2,3)4/h5-8H,9-12H2,1-4H3,(H,17,18). The van der Waals surface area contributed by atoms with E-state index in [0.29, 0.717) is 26.4 Å². The zero-order chi connectivity index (χ0) is 16.4. The molecule has 0 bridgehead atoms.